The third kappa shape index (κ3) is 3.03. The predicted molar refractivity (Wildman–Crippen MR) is 107 cm³/mol. The van der Waals surface area contributed by atoms with E-state index in [0.717, 1.165) is 24.1 Å². The Kier molecular flexibility index (Phi) is 4.30. The standard InChI is InChI=1S/C22H23N3O2/c1-14(2)16-6-7-19-17(12-16)5-4-9-24(19)21(26)18-13-23-20-11-15(3)8-10-25(20)22(18)27/h6-8,10-14H,4-5,9H2,1-3H3. The number of amides is 1. The number of aromatic nitrogens is 2. The van der Waals surface area contributed by atoms with Gasteiger partial charge in [-0.05, 0) is 60.6 Å². The van der Waals surface area contributed by atoms with Gasteiger partial charge in [0.2, 0.25) is 0 Å². The summed E-state index contributed by atoms with van der Waals surface area (Å²) < 4.78 is 1.44. The van der Waals surface area contributed by atoms with Gasteiger partial charge in [-0.15, -0.1) is 0 Å². The Morgan fingerprint density at radius 3 is 2.78 bits per heavy atom. The summed E-state index contributed by atoms with van der Waals surface area (Å²) in [4.78, 5) is 32.1. The molecular formula is C22H23N3O2. The second kappa shape index (κ2) is 6.65. The normalized spacial score (nSPS) is 13.9. The molecule has 0 saturated carbocycles. The first-order valence-electron chi connectivity index (χ1n) is 9.38. The van der Waals surface area contributed by atoms with Crippen LogP contribution < -0.4 is 10.5 Å². The van der Waals surface area contributed by atoms with Crippen LogP contribution in [0, 0.1) is 6.92 Å². The zero-order chi connectivity index (χ0) is 19.1. The highest BCUT2D eigenvalue weighted by atomic mass is 16.2. The fourth-order valence-electron chi connectivity index (χ4n) is 3.66. The SMILES string of the molecule is Cc1ccn2c(=O)c(C(=O)N3CCCc4cc(C(C)C)ccc43)cnc2c1. The van der Waals surface area contributed by atoms with Crippen molar-refractivity contribution in [3.63, 3.8) is 0 Å². The van der Waals surface area contributed by atoms with E-state index in [2.05, 4.69) is 31.0 Å². The zero-order valence-electron chi connectivity index (χ0n) is 15.9. The minimum Gasteiger partial charge on any atom is -0.308 e. The Balaban J connectivity index is 1.76. The number of fused-ring (bicyclic) bond motifs is 2. The van der Waals surface area contributed by atoms with E-state index in [0.29, 0.717) is 18.1 Å². The van der Waals surface area contributed by atoms with E-state index in [-0.39, 0.29) is 17.0 Å². The van der Waals surface area contributed by atoms with Crippen LogP contribution in [0.4, 0.5) is 5.69 Å². The maximum atomic E-state index is 13.2. The molecule has 4 rings (SSSR count). The van der Waals surface area contributed by atoms with Crippen LogP contribution in [-0.4, -0.2) is 21.8 Å². The van der Waals surface area contributed by atoms with Gasteiger partial charge in [-0.3, -0.25) is 14.0 Å². The van der Waals surface area contributed by atoms with Crippen molar-refractivity contribution in [2.24, 2.45) is 0 Å². The first-order chi connectivity index (χ1) is 13.0. The number of hydrogen-bond donors (Lipinski definition) is 0. The summed E-state index contributed by atoms with van der Waals surface area (Å²) in [6.45, 7) is 6.89. The van der Waals surface area contributed by atoms with Gasteiger partial charge in [0.05, 0.1) is 0 Å². The largest absolute Gasteiger partial charge is 0.308 e. The van der Waals surface area contributed by atoms with Gasteiger partial charge in [0.1, 0.15) is 11.2 Å². The van der Waals surface area contributed by atoms with Gasteiger partial charge in [0.25, 0.3) is 11.5 Å². The van der Waals surface area contributed by atoms with Crippen LogP contribution in [0.25, 0.3) is 5.65 Å². The summed E-state index contributed by atoms with van der Waals surface area (Å²) in [7, 11) is 0. The highest BCUT2D eigenvalue weighted by Crippen LogP contribution is 2.31. The number of carbonyl (C=O) groups is 1. The molecule has 3 heterocycles. The van der Waals surface area contributed by atoms with Crippen molar-refractivity contribution in [1.82, 2.24) is 9.38 Å². The molecule has 0 atom stereocenters. The van der Waals surface area contributed by atoms with E-state index in [1.807, 2.05) is 25.1 Å². The van der Waals surface area contributed by atoms with Crippen LogP contribution in [0.5, 0.6) is 0 Å². The lowest BCUT2D eigenvalue weighted by molar-refractivity contribution is 0.0983. The summed E-state index contributed by atoms with van der Waals surface area (Å²) in [5.41, 5.74) is 4.71. The first kappa shape index (κ1) is 17.5. The van der Waals surface area contributed by atoms with E-state index >= 15 is 0 Å². The van der Waals surface area contributed by atoms with Crippen molar-refractivity contribution in [1.29, 1.82) is 0 Å². The van der Waals surface area contributed by atoms with Gasteiger partial charge in [0, 0.05) is 24.6 Å². The summed E-state index contributed by atoms with van der Waals surface area (Å²) in [6.07, 6.45) is 4.93. The number of hydrogen-bond acceptors (Lipinski definition) is 3. The average molecular weight is 361 g/mol. The van der Waals surface area contributed by atoms with Gasteiger partial charge < -0.3 is 4.90 Å². The smallest absolute Gasteiger partial charge is 0.270 e. The van der Waals surface area contributed by atoms with Gasteiger partial charge in [-0.25, -0.2) is 4.98 Å². The molecule has 138 valence electrons. The number of anilines is 1. The summed E-state index contributed by atoms with van der Waals surface area (Å²) >= 11 is 0. The molecule has 0 saturated heterocycles. The topological polar surface area (TPSA) is 54.7 Å². The lowest BCUT2D eigenvalue weighted by Crippen LogP contribution is -2.39. The lowest BCUT2D eigenvalue weighted by atomic mass is 9.94. The van der Waals surface area contributed by atoms with Crippen molar-refractivity contribution < 1.29 is 4.79 Å². The molecule has 1 aliphatic heterocycles. The number of aryl methyl sites for hydroxylation is 2. The van der Waals surface area contributed by atoms with E-state index in [4.69, 9.17) is 0 Å². The maximum absolute atomic E-state index is 13.2. The minimum atomic E-state index is -0.323. The first-order valence-corrected chi connectivity index (χ1v) is 9.38. The second-order valence-corrected chi connectivity index (χ2v) is 7.51. The Hall–Kier alpha value is -2.95. The molecule has 1 aromatic carbocycles. The molecule has 1 aliphatic rings. The van der Waals surface area contributed by atoms with Crippen molar-refractivity contribution >= 4 is 17.2 Å². The number of benzene rings is 1. The molecule has 0 N–H and O–H groups in total. The molecule has 0 spiro atoms. The highest BCUT2D eigenvalue weighted by molar-refractivity contribution is 6.06. The summed E-state index contributed by atoms with van der Waals surface area (Å²) in [5.74, 6) is 0.167. The van der Waals surface area contributed by atoms with E-state index in [1.165, 1.54) is 21.7 Å². The molecule has 27 heavy (non-hydrogen) atoms. The van der Waals surface area contributed by atoms with Crippen molar-refractivity contribution in [2.45, 2.75) is 39.5 Å². The van der Waals surface area contributed by atoms with Crippen molar-refractivity contribution in [3.05, 3.63) is 75.3 Å². The summed E-state index contributed by atoms with van der Waals surface area (Å²) in [6, 6.07) is 9.95. The van der Waals surface area contributed by atoms with Crippen LogP contribution in [-0.2, 0) is 6.42 Å². The van der Waals surface area contributed by atoms with E-state index in [1.54, 1.807) is 11.1 Å². The van der Waals surface area contributed by atoms with Crippen LogP contribution >= 0.6 is 0 Å². The molecule has 0 fully saturated rings. The van der Waals surface area contributed by atoms with Gasteiger partial charge in [-0.1, -0.05) is 26.0 Å². The second-order valence-electron chi connectivity index (χ2n) is 7.51. The zero-order valence-corrected chi connectivity index (χ0v) is 15.9. The minimum absolute atomic E-state index is 0.108. The van der Waals surface area contributed by atoms with Crippen molar-refractivity contribution in [3.8, 4) is 0 Å². The third-order valence-corrected chi connectivity index (χ3v) is 5.23. The molecule has 5 nitrogen and oxygen atoms in total. The molecule has 3 aromatic rings. The molecular weight excluding hydrogens is 338 g/mol. The highest BCUT2D eigenvalue weighted by Gasteiger charge is 2.26. The monoisotopic (exact) mass is 361 g/mol. The van der Waals surface area contributed by atoms with Crippen molar-refractivity contribution in [2.75, 3.05) is 11.4 Å². The third-order valence-electron chi connectivity index (χ3n) is 5.23. The molecule has 0 unspecified atom stereocenters. The Labute approximate surface area is 158 Å². The molecule has 0 bridgehead atoms. The van der Waals surface area contributed by atoms with Crippen LogP contribution in [0.15, 0.2) is 47.5 Å². The maximum Gasteiger partial charge on any atom is 0.270 e. The van der Waals surface area contributed by atoms with Gasteiger partial charge in [0.15, 0.2) is 0 Å². The number of carbonyl (C=O) groups excluding carboxylic acids is 1. The van der Waals surface area contributed by atoms with E-state index < -0.39 is 0 Å². The van der Waals surface area contributed by atoms with Gasteiger partial charge >= 0.3 is 0 Å². The number of nitrogens with zero attached hydrogens (tertiary/aromatic N) is 3. The van der Waals surface area contributed by atoms with Gasteiger partial charge in [-0.2, -0.15) is 0 Å². The Morgan fingerprint density at radius 1 is 1.19 bits per heavy atom. The quantitative estimate of drug-likeness (QED) is 0.699. The average Bonchev–Trinajstić information content (AvgIpc) is 2.66. The fraction of sp³-hybridized carbons (Fsp3) is 0.318. The molecule has 0 aliphatic carbocycles. The lowest BCUT2D eigenvalue weighted by Gasteiger charge is -2.30. The molecule has 0 radical (unpaired) electrons. The number of pyridine rings is 1. The fourth-order valence-corrected chi connectivity index (χ4v) is 3.66. The predicted octanol–water partition coefficient (Wildman–Crippen LogP) is 3.72. The number of rotatable bonds is 2. The molecule has 5 heteroatoms. The molecule has 1 amide bonds. The van der Waals surface area contributed by atoms with Crippen LogP contribution in [0.1, 0.15) is 53.2 Å². The Morgan fingerprint density at radius 2 is 2.00 bits per heavy atom. The van der Waals surface area contributed by atoms with E-state index in [9.17, 15) is 9.59 Å². The van der Waals surface area contributed by atoms with Crippen LogP contribution in [0.2, 0.25) is 0 Å². The Bertz CT molecular complexity index is 1100. The van der Waals surface area contributed by atoms with Crippen LogP contribution in [0.3, 0.4) is 0 Å². The molecule has 2 aromatic heterocycles. The summed E-state index contributed by atoms with van der Waals surface area (Å²) in [5, 5.41) is 0.